The Hall–Kier alpha value is -2.34. The van der Waals surface area contributed by atoms with Crippen molar-refractivity contribution in [2.45, 2.75) is 39.0 Å². The summed E-state index contributed by atoms with van der Waals surface area (Å²) in [7, 11) is 0. The Labute approximate surface area is 143 Å². The molecule has 0 heterocycles. The van der Waals surface area contributed by atoms with Crippen LogP contribution in [0.25, 0.3) is 22.8 Å². The van der Waals surface area contributed by atoms with Crippen LogP contribution in [0.15, 0.2) is 65.3 Å². The van der Waals surface area contributed by atoms with Gasteiger partial charge in [0, 0.05) is 0 Å². The minimum atomic E-state index is 1.12. The third-order valence-electron chi connectivity index (χ3n) is 5.87. The molecule has 0 bridgehead atoms. The number of aryl methyl sites for hydroxylation is 1. The number of benzene rings is 2. The Morgan fingerprint density at radius 1 is 0.875 bits per heavy atom. The second kappa shape index (κ2) is 5.34. The first kappa shape index (κ1) is 14.0. The first-order valence-corrected chi connectivity index (χ1v) is 9.12. The molecule has 118 valence electrons. The van der Waals surface area contributed by atoms with E-state index in [4.69, 9.17) is 0 Å². The maximum absolute atomic E-state index is 2.49. The molecule has 0 aromatic heterocycles. The van der Waals surface area contributed by atoms with Crippen LogP contribution in [-0.4, -0.2) is 0 Å². The molecule has 0 atom stereocenters. The molecule has 0 amide bonds. The molecule has 24 heavy (non-hydrogen) atoms. The molecule has 0 unspecified atom stereocenters. The largest absolute Gasteiger partial charge is 0.0807 e. The molecule has 0 heteroatoms. The van der Waals surface area contributed by atoms with Crippen molar-refractivity contribution in [3.05, 3.63) is 81.3 Å². The van der Waals surface area contributed by atoms with Crippen LogP contribution in [0.5, 0.6) is 0 Å². The minimum absolute atomic E-state index is 1.12. The van der Waals surface area contributed by atoms with E-state index in [-0.39, 0.29) is 0 Å². The van der Waals surface area contributed by atoms with Crippen LogP contribution in [-0.2, 0) is 0 Å². The van der Waals surface area contributed by atoms with Crippen LogP contribution in [0.2, 0.25) is 0 Å². The summed E-state index contributed by atoms with van der Waals surface area (Å²) >= 11 is 0. The Morgan fingerprint density at radius 3 is 2.71 bits per heavy atom. The number of hydrogen-bond acceptors (Lipinski definition) is 0. The molecule has 0 fully saturated rings. The van der Waals surface area contributed by atoms with E-state index < -0.39 is 0 Å². The molecule has 2 aromatic rings. The topological polar surface area (TPSA) is 0 Å². The Kier molecular flexibility index (Phi) is 3.13. The number of fused-ring (bicyclic) bond motifs is 3. The van der Waals surface area contributed by atoms with Crippen molar-refractivity contribution in [2.24, 2.45) is 0 Å². The molecule has 3 aliphatic carbocycles. The fourth-order valence-electron chi connectivity index (χ4n) is 4.62. The Balaban J connectivity index is 1.76. The van der Waals surface area contributed by atoms with E-state index in [0.29, 0.717) is 0 Å². The third-order valence-corrected chi connectivity index (χ3v) is 5.87. The average molecular weight is 310 g/mol. The lowest BCUT2D eigenvalue weighted by molar-refractivity contribution is 0.798. The molecule has 0 saturated heterocycles. The molecule has 0 nitrogen and oxygen atoms in total. The van der Waals surface area contributed by atoms with E-state index in [1.54, 1.807) is 22.3 Å². The van der Waals surface area contributed by atoms with Gasteiger partial charge in [0.1, 0.15) is 0 Å². The monoisotopic (exact) mass is 310 g/mol. The fourth-order valence-corrected chi connectivity index (χ4v) is 4.62. The molecule has 0 spiro atoms. The molecular weight excluding hydrogens is 288 g/mol. The van der Waals surface area contributed by atoms with Crippen molar-refractivity contribution in [3.63, 3.8) is 0 Å². The van der Waals surface area contributed by atoms with Crippen molar-refractivity contribution in [3.8, 4) is 11.1 Å². The van der Waals surface area contributed by atoms with Crippen LogP contribution < -0.4 is 10.4 Å². The predicted octanol–water partition coefficient (Wildman–Crippen LogP) is 4.81. The highest BCUT2D eigenvalue weighted by Gasteiger charge is 2.26. The predicted molar refractivity (Wildman–Crippen MR) is 102 cm³/mol. The zero-order valence-corrected chi connectivity index (χ0v) is 14.2. The lowest BCUT2D eigenvalue weighted by atomic mass is 9.91. The van der Waals surface area contributed by atoms with Crippen LogP contribution in [0, 0.1) is 6.92 Å². The summed E-state index contributed by atoms with van der Waals surface area (Å²) in [5.74, 6) is 0. The molecule has 5 rings (SSSR count). The van der Waals surface area contributed by atoms with E-state index in [9.17, 15) is 0 Å². The smallest absolute Gasteiger partial charge is 0.00170 e. The van der Waals surface area contributed by atoms with Crippen LogP contribution in [0.3, 0.4) is 0 Å². The van der Waals surface area contributed by atoms with Gasteiger partial charge in [-0.05, 0) is 94.5 Å². The molecule has 2 aromatic carbocycles. The highest BCUT2D eigenvalue weighted by Crippen LogP contribution is 2.43. The minimum Gasteiger partial charge on any atom is -0.0807 e. The van der Waals surface area contributed by atoms with Gasteiger partial charge in [-0.2, -0.15) is 0 Å². The summed E-state index contributed by atoms with van der Waals surface area (Å²) in [5, 5.41) is 2.89. The van der Waals surface area contributed by atoms with Crippen molar-refractivity contribution in [1.82, 2.24) is 0 Å². The number of allylic oxidation sites excluding steroid dienone is 4. The lowest BCUT2D eigenvalue weighted by Gasteiger charge is -2.14. The van der Waals surface area contributed by atoms with E-state index in [1.165, 1.54) is 46.4 Å². The second-order valence-electron chi connectivity index (χ2n) is 7.26. The maximum Gasteiger partial charge on any atom is -0.00170 e. The van der Waals surface area contributed by atoms with Crippen molar-refractivity contribution < 1.29 is 0 Å². The molecule has 0 N–H and O–H groups in total. The SMILES string of the molecule is Cc1ccccc1-c1ccc2c(c1)=C1CC3=CCCCC3=C1CC=2. The normalized spacial score (nSPS) is 18.5. The van der Waals surface area contributed by atoms with Gasteiger partial charge in [-0.25, -0.2) is 0 Å². The summed E-state index contributed by atoms with van der Waals surface area (Å²) in [6.07, 6.45) is 11.1. The second-order valence-corrected chi connectivity index (χ2v) is 7.26. The first-order valence-electron chi connectivity index (χ1n) is 9.12. The number of rotatable bonds is 1. The van der Waals surface area contributed by atoms with E-state index in [0.717, 1.165) is 12.8 Å². The van der Waals surface area contributed by atoms with Crippen LogP contribution in [0.4, 0.5) is 0 Å². The molecular formula is C24H22. The van der Waals surface area contributed by atoms with E-state index in [2.05, 4.69) is 61.5 Å². The van der Waals surface area contributed by atoms with Gasteiger partial charge in [-0.15, -0.1) is 0 Å². The van der Waals surface area contributed by atoms with Gasteiger partial charge in [0.25, 0.3) is 0 Å². The summed E-state index contributed by atoms with van der Waals surface area (Å²) in [5.41, 5.74) is 10.6. The first-order chi connectivity index (χ1) is 11.8. The lowest BCUT2D eigenvalue weighted by Crippen LogP contribution is -2.29. The zero-order chi connectivity index (χ0) is 16.1. The van der Waals surface area contributed by atoms with Crippen molar-refractivity contribution in [2.75, 3.05) is 0 Å². The van der Waals surface area contributed by atoms with Gasteiger partial charge in [-0.1, -0.05) is 48.6 Å². The zero-order valence-electron chi connectivity index (χ0n) is 14.2. The summed E-state index contributed by atoms with van der Waals surface area (Å²) in [4.78, 5) is 0. The van der Waals surface area contributed by atoms with E-state index >= 15 is 0 Å². The van der Waals surface area contributed by atoms with Gasteiger partial charge >= 0.3 is 0 Å². The summed E-state index contributed by atoms with van der Waals surface area (Å²) in [6.45, 7) is 2.20. The third kappa shape index (κ3) is 2.06. The van der Waals surface area contributed by atoms with Gasteiger partial charge < -0.3 is 0 Å². The van der Waals surface area contributed by atoms with Gasteiger partial charge in [0.05, 0.1) is 0 Å². The van der Waals surface area contributed by atoms with Crippen LogP contribution in [0.1, 0.15) is 37.7 Å². The highest BCUT2D eigenvalue weighted by molar-refractivity contribution is 5.81. The molecule has 3 aliphatic rings. The number of hydrogen-bond donors (Lipinski definition) is 0. The standard InChI is InChI=1S/C24H22/c1-16-6-2-4-8-20(16)19-11-10-17-12-13-22-21-9-5-3-7-18(21)15-24(22)23(17)14-19/h2,4,6-8,10-12,14H,3,5,9,13,15H2,1H3. The summed E-state index contributed by atoms with van der Waals surface area (Å²) < 4.78 is 0. The van der Waals surface area contributed by atoms with Gasteiger partial charge in [0.15, 0.2) is 0 Å². The van der Waals surface area contributed by atoms with E-state index in [1.807, 2.05) is 0 Å². The Bertz CT molecular complexity index is 1030. The molecule has 0 aliphatic heterocycles. The van der Waals surface area contributed by atoms with Gasteiger partial charge in [0.2, 0.25) is 0 Å². The van der Waals surface area contributed by atoms with Gasteiger partial charge in [-0.3, -0.25) is 0 Å². The van der Waals surface area contributed by atoms with Crippen molar-refractivity contribution in [1.29, 1.82) is 0 Å². The Morgan fingerprint density at radius 2 is 1.79 bits per heavy atom. The van der Waals surface area contributed by atoms with Crippen molar-refractivity contribution >= 4 is 11.6 Å². The van der Waals surface area contributed by atoms with Crippen LogP contribution >= 0.6 is 0 Å². The summed E-state index contributed by atoms with van der Waals surface area (Å²) in [6, 6.07) is 15.8. The quantitative estimate of drug-likeness (QED) is 0.709. The highest BCUT2D eigenvalue weighted by atomic mass is 14.3. The fraction of sp³-hybridized carbons (Fsp3) is 0.250. The molecule has 0 radical (unpaired) electrons. The average Bonchev–Trinajstić information content (AvgIpc) is 3.01. The maximum atomic E-state index is 2.49. The molecule has 0 saturated carbocycles.